The summed E-state index contributed by atoms with van der Waals surface area (Å²) in [7, 11) is 0. The zero-order valence-corrected chi connectivity index (χ0v) is 16.3. The van der Waals surface area contributed by atoms with E-state index in [1.807, 2.05) is 12.1 Å². The highest BCUT2D eigenvalue weighted by molar-refractivity contribution is 6.30. The van der Waals surface area contributed by atoms with Crippen LogP contribution in [0.4, 0.5) is 11.5 Å². The maximum atomic E-state index is 12.6. The third-order valence-electron chi connectivity index (χ3n) is 4.37. The number of nitro groups is 1. The molecule has 10 heteroatoms. The fraction of sp³-hybridized carbons (Fsp3) is 0.278. The molecule has 0 aliphatic carbocycles. The molecule has 3 rings (SSSR count). The van der Waals surface area contributed by atoms with E-state index in [0.29, 0.717) is 23.1 Å². The van der Waals surface area contributed by atoms with Gasteiger partial charge in [0.2, 0.25) is 5.91 Å². The van der Waals surface area contributed by atoms with Gasteiger partial charge in [0, 0.05) is 17.3 Å². The summed E-state index contributed by atoms with van der Waals surface area (Å²) in [5, 5.41) is 23.0. The van der Waals surface area contributed by atoms with Gasteiger partial charge >= 0.3 is 5.69 Å². The normalized spacial score (nSPS) is 12.0. The molecule has 1 N–H and O–H groups in total. The molecular formula is C18H19ClN6O3. The molecule has 0 aliphatic rings. The van der Waals surface area contributed by atoms with Crippen molar-refractivity contribution in [2.24, 2.45) is 0 Å². The molecule has 1 amide bonds. The van der Waals surface area contributed by atoms with Crippen molar-refractivity contribution in [1.82, 2.24) is 19.6 Å². The zero-order valence-electron chi connectivity index (χ0n) is 15.6. The molecule has 3 aromatic rings. The Hall–Kier alpha value is -3.20. The van der Waals surface area contributed by atoms with Crippen LogP contribution in [0.15, 0.2) is 36.5 Å². The number of aryl methyl sites for hydroxylation is 1. The summed E-state index contributed by atoms with van der Waals surface area (Å²) in [6.07, 6.45) is 1.75. The van der Waals surface area contributed by atoms with Gasteiger partial charge in [0.1, 0.15) is 17.4 Å². The average Bonchev–Trinajstić information content (AvgIpc) is 3.19. The summed E-state index contributed by atoms with van der Waals surface area (Å²) < 4.78 is 3.05. The number of benzene rings is 1. The van der Waals surface area contributed by atoms with Crippen LogP contribution in [-0.4, -0.2) is 30.4 Å². The second-order valence-electron chi connectivity index (χ2n) is 6.41. The molecule has 9 nitrogen and oxygen atoms in total. The summed E-state index contributed by atoms with van der Waals surface area (Å²) in [5.41, 5.74) is 1.55. The predicted molar refractivity (Wildman–Crippen MR) is 104 cm³/mol. The SMILES string of the molecule is Cc1nn(C(C)C(=O)Nc2ccn(Cc3ccc(Cl)cc3)n2)c(C)c1[N+](=O)[O-]. The molecule has 2 aromatic heterocycles. The molecule has 1 unspecified atom stereocenters. The van der Waals surface area contributed by atoms with Crippen LogP contribution in [0.5, 0.6) is 0 Å². The van der Waals surface area contributed by atoms with Crippen LogP contribution < -0.4 is 5.32 Å². The van der Waals surface area contributed by atoms with Crippen molar-refractivity contribution in [1.29, 1.82) is 0 Å². The molecule has 2 heterocycles. The highest BCUT2D eigenvalue weighted by atomic mass is 35.5. The maximum absolute atomic E-state index is 12.6. The molecule has 1 aromatic carbocycles. The number of halogens is 1. The lowest BCUT2D eigenvalue weighted by molar-refractivity contribution is -0.386. The number of carbonyl (C=O) groups is 1. The third-order valence-corrected chi connectivity index (χ3v) is 4.62. The standard InChI is InChI=1S/C18H19ClN6O3/c1-11-17(25(27)28)12(2)24(21-11)13(3)18(26)20-16-8-9-23(22-16)10-14-4-6-15(19)7-5-14/h4-9,13H,10H2,1-3H3,(H,20,22,26). The smallest absolute Gasteiger partial charge is 0.307 e. The van der Waals surface area contributed by atoms with E-state index in [1.165, 1.54) is 4.68 Å². The lowest BCUT2D eigenvalue weighted by atomic mass is 10.2. The first-order chi connectivity index (χ1) is 13.3. The predicted octanol–water partition coefficient (Wildman–Crippen LogP) is 3.51. The third kappa shape index (κ3) is 4.04. The molecule has 0 spiro atoms. The largest absolute Gasteiger partial charge is 0.312 e. The number of rotatable bonds is 6. The van der Waals surface area contributed by atoms with E-state index in [2.05, 4.69) is 15.5 Å². The Morgan fingerprint density at radius 2 is 1.93 bits per heavy atom. The summed E-state index contributed by atoms with van der Waals surface area (Å²) in [6.45, 7) is 5.28. The fourth-order valence-corrected chi connectivity index (χ4v) is 3.06. The summed E-state index contributed by atoms with van der Waals surface area (Å²) in [5.74, 6) is 0.0269. The quantitative estimate of drug-likeness (QED) is 0.501. The minimum atomic E-state index is -0.728. The Morgan fingerprint density at radius 1 is 1.25 bits per heavy atom. The first-order valence-electron chi connectivity index (χ1n) is 8.55. The number of amides is 1. The van der Waals surface area contributed by atoms with Gasteiger partial charge in [0.15, 0.2) is 5.82 Å². The van der Waals surface area contributed by atoms with Crippen molar-refractivity contribution in [2.75, 3.05) is 5.32 Å². The van der Waals surface area contributed by atoms with Crippen molar-refractivity contribution in [2.45, 2.75) is 33.4 Å². The van der Waals surface area contributed by atoms with Crippen molar-refractivity contribution in [3.63, 3.8) is 0 Å². The monoisotopic (exact) mass is 402 g/mol. The number of hydrogen-bond acceptors (Lipinski definition) is 5. The Balaban J connectivity index is 1.70. The van der Waals surface area contributed by atoms with Crippen molar-refractivity contribution in [3.05, 3.63) is 68.6 Å². The van der Waals surface area contributed by atoms with Gasteiger partial charge in [-0.05, 0) is 38.5 Å². The topological polar surface area (TPSA) is 108 Å². The number of nitrogens with zero attached hydrogens (tertiary/aromatic N) is 5. The number of aromatic nitrogens is 4. The summed E-state index contributed by atoms with van der Waals surface area (Å²) >= 11 is 5.88. The van der Waals surface area contributed by atoms with Gasteiger partial charge in [-0.3, -0.25) is 24.3 Å². The van der Waals surface area contributed by atoms with E-state index in [1.54, 1.807) is 49.8 Å². The number of anilines is 1. The molecule has 0 radical (unpaired) electrons. The van der Waals surface area contributed by atoms with Crippen molar-refractivity contribution in [3.8, 4) is 0 Å². The minimum absolute atomic E-state index is 0.0770. The fourth-order valence-electron chi connectivity index (χ4n) is 2.93. The molecule has 1 atom stereocenters. The maximum Gasteiger partial charge on any atom is 0.312 e. The molecule has 0 bridgehead atoms. The van der Waals surface area contributed by atoms with Crippen LogP contribution in [0.1, 0.15) is 29.9 Å². The van der Waals surface area contributed by atoms with E-state index >= 15 is 0 Å². The van der Waals surface area contributed by atoms with Gasteiger partial charge in [-0.1, -0.05) is 23.7 Å². The number of hydrogen-bond donors (Lipinski definition) is 1. The van der Waals surface area contributed by atoms with Gasteiger partial charge in [-0.15, -0.1) is 0 Å². The van der Waals surface area contributed by atoms with Gasteiger partial charge in [0.05, 0.1) is 11.5 Å². The minimum Gasteiger partial charge on any atom is -0.307 e. The van der Waals surface area contributed by atoms with E-state index < -0.39 is 11.0 Å². The van der Waals surface area contributed by atoms with Crippen molar-refractivity contribution < 1.29 is 9.72 Å². The Labute approximate surface area is 166 Å². The zero-order chi connectivity index (χ0) is 20.4. The lowest BCUT2D eigenvalue weighted by Crippen LogP contribution is -2.25. The highest BCUT2D eigenvalue weighted by Gasteiger charge is 2.27. The van der Waals surface area contributed by atoms with E-state index in [0.717, 1.165) is 5.56 Å². The van der Waals surface area contributed by atoms with E-state index in [9.17, 15) is 14.9 Å². The Kier molecular flexibility index (Phi) is 5.46. The second-order valence-corrected chi connectivity index (χ2v) is 6.85. The molecule has 0 aliphatic heterocycles. The first-order valence-corrected chi connectivity index (χ1v) is 8.93. The molecule has 28 heavy (non-hydrogen) atoms. The molecule has 146 valence electrons. The Morgan fingerprint density at radius 3 is 2.54 bits per heavy atom. The van der Waals surface area contributed by atoms with Crippen LogP contribution in [0.2, 0.25) is 5.02 Å². The second kappa shape index (κ2) is 7.81. The van der Waals surface area contributed by atoms with Gasteiger partial charge in [-0.2, -0.15) is 10.2 Å². The average molecular weight is 403 g/mol. The van der Waals surface area contributed by atoms with Crippen LogP contribution in [0.3, 0.4) is 0 Å². The van der Waals surface area contributed by atoms with Gasteiger partial charge < -0.3 is 5.32 Å². The number of nitrogens with one attached hydrogen (secondary N) is 1. The van der Waals surface area contributed by atoms with Crippen molar-refractivity contribution >= 4 is 29.0 Å². The van der Waals surface area contributed by atoms with Crippen LogP contribution in [0, 0.1) is 24.0 Å². The Bertz CT molecular complexity index is 1020. The molecule has 0 saturated heterocycles. The summed E-state index contributed by atoms with van der Waals surface area (Å²) in [6, 6.07) is 8.37. The molecule has 0 fully saturated rings. The van der Waals surface area contributed by atoms with Gasteiger partial charge in [0.25, 0.3) is 0 Å². The highest BCUT2D eigenvalue weighted by Crippen LogP contribution is 2.25. The molecule has 0 saturated carbocycles. The van der Waals surface area contributed by atoms with Gasteiger partial charge in [-0.25, -0.2) is 0 Å². The first kappa shape index (κ1) is 19.6. The lowest BCUT2D eigenvalue weighted by Gasteiger charge is -2.12. The van der Waals surface area contributed by atoms with E-state index in [4.69, 9.17) is 11.6 Å². The summed E-state index contributed by atoms with van der Waals surface area (Å²) in [4.78, 5) is 23.2. The van der Waals surface area contributed by atoms with E-state index in [-0.39, 0.29) is 17.3 Å². The van der Waals surface area contributed by atoms with Crippen LogP contribution in [0.25, 0.3) is 0 Å². The van der Waals surface area contributed by atoms with Crippen LogP contribution in [-0.2, 0) is 11.3 Å². The molecular weight excluding hydrogens is 384 g/mol. The number of carbonyl (C=O) groups excluding carboxylic acids is 1. The van der Waals surface area contributed by atoms with Crippen LogP contribution >= 0.6 is 11.6 Å².